The molecule has 1 fully saturated rings. The summed E-state index contributed by atoms with van der Waals surface area (Å²) in [5, 5.41) is 5.46. The van der Waals surface area contributed by atoms with Gasteiger partial charge in [-0.25, -0.2) is 5.43 Å². The third-order valence-electron chi connectivity index (χ3n) is 4.92. The van der Waals surface area contributed by atoms with E-state index in [0.717, 1.165) is 59.8 Å². The van der Waals surface area contributed by atoms with Crippen molar-refractivity contribution in [3.63, 3.8) is 0 Å². The quantitative estimate of drug-likeness (QED) is 0.459. The number of ether oxygens (including phenoxy) is 2. The molecule has 1 aliphatic rings. The number of fused-ring (bicyclic) bond motifs is 1. The number of carbonyl (C=O) groups excluding carboxylic acids is 1. The number of hydrogen-bond donors (Lipinski definition) is 1. The molecule has 1 N–H and O–H groups in total. The second-order valence-electron chi connectivity index (χ2n) is 6.90. The molecule has 1 aromatic heterocycles. The largest absolute Gasteiger partial charge is 0.496 e. The van der Waals surface area contributed by atoms with Gasteiger partial charge in [0, 0.05) is 35.3 Å². The van der Waals surface area contributed by atoms with Crippen LogP contribution in [0.25, 0.3) is 10.1 Å². The van der Waals surface area contributed by atoms with Gasteiger partial charge in [-0.1, -0.05) is 29.8 Å². The first-order valence-corrected chi connectivity index (χ1v) is 10.8. The number of halogens is 1. The van der Waals surface area contributed by atoms with Crippen molar-refractivity contribution in [2.24, 2.45) is 5.10 Å². The van der Waals surface area contributed by atoms with E-state index in [1.165, 1.54) is 11.3 Å². The topological polar surface area (TPSA) is 63.2 Å². The molecule has 8 heteroatoms. The van der Waals surface area contributed by atoms with Crippen LogP contribution in [-0.2, 0) is 11.3 Å². The lowest BCUT2D eigenvalue weighted by molar-refractivity contribution is 0.0339. The van der Waals surface area contributed by atoms with Crippen LogP contribution in [0, 0.1) is 0 Å². The molecule has 0 spiro atoms. The van der Waals surface area contributed by atoms with Crippen LogP contribution >= 0.6 is 22.9 Å². The minimum Gasteiger partial charge on any atom is -0.496 e. The Kier molecular flexibility index (Phi) is 6.64. The van der Waals surface area contributed by atoms with Crippen molar-refractivity contribution in [2.75, 3.05) is 33.4 Å². The lowest BCUT2D eigenvalue weighted by Crippen LogP contribution is -2.35. The standard InChI is InChI=1S/C22H22ClN3O3S/c1-28-18-7-6-15(12-16(18)14-26-8-10-29-11-9-26)13-24-25-22(27)21-20(23)17-4-2-3-5-19(17)30-21/h2-7,12-13H,8-11,14H2,1H3,(H,25,27). The molecule has 30 heavy (non-hydrogen) atoms. The fourth-order valence-electron chi connectivity index (χ4n) is 3.38. The molecule has 6 nitrogen and oxygen atoms in total. The average molecular weight is 444 g/mol. The van der Waals surface area contributed by atoms with Crippen LogP contribution in [0.5, 0.6) is 5.75 Å². The molecule has 2 heterocycles. The predicted molar refractivity (Wildman–Crippen MR) is 121 cm³/mol. The third-order valence-corrected chi connectivity index (χ3v) is 6.60. The Morgan fingerprint density at radius 3 is 2.87 bits per heavy atom. The Bertz CT molecular complexity index is 1080. The third kappa shape index (κ3) is 4.65. The summed E-state index contributed by atoms with van der Waals surface area (Å²) in [4.78, 5) is 15.3. The molecular weight excluding hydrogens is 422 g/mol. The number of methoxy groups -OCH3 is 1. The van der Waals surface area contributed by atoms with Gasteiger partial charge in [-0.3, -0.25) is 9.69 Å². The fourth-order valence-corrected chi connectivity index (χ4v) is 4.79. The van der Waals surface area contributed by atoms with E-state index < -0.39 is 0 Å². The molecule has 0 atom stereocenters. The number of benzene rings is 2. The molecule has 156 valence electrons. The first-order valence-electron chi connectivity index (χ1n) is 9.63. The van der Waals surface area contributed by atoms with E-state index >= 15 is 0 Å². The van der Waals surface area contributed by atoms with Gasteiger partial charge in [-0.2, -0.15) is 5.10 Å². The van der Waals surface area contributed by atoms with Gasteiger partial charge in [0.1, 0.15) is 10.6 Å². The van der Waals surface area contributed by atoms with E-state index in [2.05, 4.69) is 15.4 Å². The van der Waals surface area contributed by atoms with Crippen molar-refractivity contribution in [2.45, 2.75) is 6.54 Å². The Hall–Kier alpha value is -2.45. The number of amides is 1. The molecule has 2 aromatic carbocycles. The first-order chi connectivity index (χ1) is 14.7. The van der Waals surface area contributed by atoms with Gasteiger partial charge >= 0.3 is 0 Å². The second kappa shape index (κ2) is 9.57. The molecule has 0 aliphatic carbocycles. The Balaban J connectivity index is 1.45. The van der Waals surface area contributed by atoms with Gasteiger partial charge < -0.3 is 9.47 Å². The van der Waals surface area contributed by atoms with Gasteiger partial charge in [0.15, 0.2) is 0 Å². The summed E-state index contributed by atoms with van der Waals surface area (Å²) < 4.78 is 11.9. The van der Waals surface area contributed by atoms with Crippen molar-refractivity contribution in [1.29, 1.82) is 0 Å². The molecule has 1 aliphatic heterocycles. The van der Waals surface area contributed by atoms with Crippen LogP contribution < -0.4 is 10.2 Å². The van der Waals surface area contributed by atoms with Crippen LogP contribution in [0.15, 0.2) is 47.6 Å². The van der Waals surface area contributed by atoms with Crippen molar-refractivity contribution in [1.82, 2.24) is 10.3 Å². The average Bonchev–Trinajstić information content (AvgIpc) is 3.11. The Morgan fingerprint density at radius 1 is 1.30 bits per heavy atom. The number of carbonyl (C=O) groups is 1. The molecule has 0 radical (unpaired) electrons. The summed E-state index contributed by atoms with van der Waals surface area (Å²) in [5.74, 6) is 0.513. The maximum absolute atomic E-state index is 12.5. The normalized spacial score (nSPS) is 15.0. The van der Waals surface area contributed by atoms with Gasteiger partial charge in [-0.15, -0.1) is 11.3 Å². The molecule has 0 bridgehead atoms. The highest BCUT2D eigenvalue weighted by Gasteiger charge is 2.16. The molecule has 4 rings (SSSR count). The summed E-state index contributed by atoms with van der Waals surface area (Å²) in [6, 6.07) is 13.5. The zero-order valence-corrected chi connectivity index (χ0v) is 18.1. The SMILES string of the molecule is COc1ccc(C=NNC(=O)c2sc3ccccc3c2Cl)cc1CN1CCOCC1. The lowest BCUT2D eigenvalue weighted by atomic mass is 10.1. The fraction of sp³-hybridized carbons (Fsp3) is 0.273. The van der Waals surface area contributed by atoms with Crippen LogP contribution in [0.3, 0.4) is 0 Å². The predicted octanol–water partition coefficient (Wildman–Crippen LogP) is 4.16. The first kappa shape index (κ1) is 20.8. The summed E-state index contributed by atoms with van der Waals surface area (Å²) in [7, 11) is 1.67. The van der Waals surface area contributed by atoms with E-state index in [0.29, 0.717) is 9.90 Å². The number of morpholine rings is 1. The van der Waals surface area contributed by atoms with E-state index in [9.17, 15) is 4.79 Å². The van der Waals surface area contributed by atoms with Crippen molar-refractivity contribution in [3.05, 3.63) is 63.5 Å². The molecular formula is C22H22ClN3O3S. The van der Waals surface area contributed by atoms with Crippen molar-refractivity contribution in [3.8, 4) is 5.75 Å². The molecule has 1 saturated heterocycles. The maximum Gasteiger partial charge on any atom is 0.283 e. The number of rotatable bonds is 6. The van der Waals surface area contributed by atoms with Crippen molar-refractivity contribution < 1.29 is 14.3 Å². The highest BCUT2D eigenvalue weighted by molar-refractivity contribution is 7.21. The van der Waals surface area contributed by atoms with Crippen LogP contribution in [0.4, 0.5) is 0 Å². The minimum atomic E-state index is -0.320. The Labute approximate surface area is 184 Å². The molecule has 0 saturated carbocycles. The number of thiophene rings is 1. The summed E-state index contributed by atoms with van der Waals surface area (Å²) in [6.45, 7) is 4.06. The summed E-state index contributed by atoms with van der Waals surface area (Å²) >= 11 is 7.72. The maximum atomic E-state index is 12.5. The van der Waals surface area contributed by atoms with Crippen LogP contribution in [-0.4, -0.2) is 50.4 Å². The molecule has 0 unspecified atom stereocenters. The number of hydrazone groups is 1. The zero-order chi connectivity index (χ0) is 20.9. The van der Waals surface area contributed by atoms with Gasteiger partial charge in [0.25, 0.3) is 5.91 Å². The second-order valence-corrected chi connectivity index (χ2v) is 8.33. The minimum absolute atomic E-state index is 0.320. The van der Waals surface area contributed by atoms with Crippen LogP contribution in [0.1, 0.15) is 20.8 Å². The van der Waals surface area contributed by atoms with E-state index in [1.807, 2.05) is 42.5 Å². The number of nitrogens with one attached hydrogen (secondary N) is 1. The van der Waals surface area contributed by atoms with Gasteiger partial charge in [0.05, 0.1) is 31.6 Å². The van der Waals surface area contributed by atoms with E-state index in [-0.39, 0.29) is 5.91 Å². The number of nitrogens with zero attached hydrogens (tertiary/aromatic N) is 2. The van der Waals surface area contributed by atoms with E-state index in [4.69, 9.17) is 21.1 Å². The lowest BCUT2D eigenvalue weighted by Gasteiger charge is -2.27. The Morgan fingerprint density at radius 2 is 2.10 bits per heavy atom. The van der Waals surface area contributed by atoms with Crippen molar-refractivity contribution >= 4 is 45.1 Å². The molecule has 3 aromatic rings. The monoisotopic (exact) mass is 443 g/mol. The van der Waals surface area contributed by atoms with Gasteiger partial charge in [-0.05, 0) is 29.8 Å². The molecule has 1 amide bonds. The summed E-state index contributed by atoms with van der Waals surface area (Å²) in [5.41, 5.74) is 4.53. The smallest absolute Gasteiger partial charge is 0.283 e. The van der Waals surface area contributed by atoms with Crippen LogP contribution in [0.2, 0.25) is 5.02 Å². The highest BCUT2D eigenvalue weighted by Crippen LogP contribution is 2.34. The highest BCUT2D eigenvalue weighted by atomic mass is 35.5. The number of hydrogen-bond acceptors (Lipinski definition) is 6. The summed E-state index contributed by atoms with van der Waals surface area (Å²) in [6.07, 6.45) is 1.63. The van der Waals surface area contributed by atoms with E-state index in [1.54, 1.807) is 13.3 Å². The van der Waals surface area contributed by atoms with Gasteiger partial charge in [0.2, 0.25) is 0 Å². The zero-order valence-electron chi connectivity index (χ0n) is 16.6.